The highest BCUT2D eigenvalue weighted by molar-refractivity contribution is 5.36. The Labute approximate surface area is 166 Å². The van der Waals surface area contributed by atoms with Gasteiger partial charge in [-0.3, -0.25) is 4.39 Å². The molecule has 28 heavy (non-hydrogen) atoms. The van der Waals surface area contributed by atoms with Gasteiger partial charge in [0.1, 0.15) is 23.3 Å². The summed E-state index contributed by atoms with van der Waals surface area (Å²) in [6.07, 6.45) is 15.1. The average Bonchev–Trinajstić information content (AvgIpc) is 2.72. The minimum Gasteiger partial charge on any atom is -0.251 e. The van der Waals surface area contributed by atoms with Crippen molar-refractivity contribution in [1.29, 1.82) is 5.26 Å². The van der Waals surface area contributed by atoms with Crippen LogP contribution in [-0.4, -0.2) is 6.67 Å². The number of unbranched alkanes of at least 4 members (excludes halogenated alkanes) is 1. The van der Waals surface area contributed by atoms with Crippen molar-refractivity contribution in [1.82, 2.24) is 0 Å². The normalized spacial score (nSPS) is 28.4. The molecule has 4 heteroatoms. The molecule has 2 fully saturated rings. The lowest BCUT2D eigenvalue weighted by Gasteiger charge is -2.37. The molecule has 0 unspecified atom stereocenters. The molecule has 0 aliphatic heterocycles. The highest BCUT2D eigenvalue weighted by Gasteiger charge is 2.31. The van der Waals surface area contributed by atoms with Crippen molar-refractivity contribution >= 4 is 0 Å². The molecular weight excluding hydrogens is 359 g/mol. The Hall–Kier alpha value is -1.76. The topological polar surface area (TPSA) is 23.8 Å². The van der Waals surface area contributed by atoms with E-state index in [-0.39, 0.29) is 12.6 Å². The van der Waals surface area contributed by atoms with Crippen LogP contribution in [0.1, 0.15) is 81.3 Å². The van der Waals surface area contributed by atoms with Gasteiger partial charge in [-0.25, -0.2) is 8.78 Å². The second-order valence-corrected chi connectivity index (χ2v) is 8.52. The lowest BCUT2D eigenvalue weighted by atomic mass is 9.68. The van der Waals surface area contributed by atoms with Gasteiger partial charge in [-0.1, -0.05) is 12.2 Å². The fourth-order valence-corrected chi connectivity index (χ4v) is 5.15. The summed E-state index contributed by atoms with van der Waals surface area (Å²) in [5.41, 5.74) is 0.225. The molecule has 0 spiro atoms. The van der Waals surface area contributed by atoms with Crippen molar-refractivity contribution in [2.45, 2.75) is 70.1 Å². The standard InChI is InChI=1S/C24H30F3N/c25-13-3-1-2-4-17-5-7-18(8-6-17)19-9-11-20(12-10-19)21-14-23(26)22(16-28)24(27)15-21/h2,4,14-15,17-20H,1,3,5-13H2. The molecule has 2 aliphatic carbocycles. The molecule has 2 aliphatic rings. The van der Waals surface area contributed by atoms with Crippen LogP contribution in [0.25, 0.3) is 0 Å². The maximum absolute atomic E-state index is 13.9. The van der Waals surface area contributed by atoms with Crippen molar-refractivity contribution in [3.63, 3.8) is 0 Å². The van der Waals surface area contributed by atoms with Crippen molar-refractivity contribution in [3.05, 3.63) is 47.0 Å². The van der Waals surface area contributed by atoms with Crippen molar-refractivity contribution < 1.29 is 13.2 Å². The lowest BCUT2D eigenvalue weighted by Crippen LogP contribution is -2.25. The quantitative estimate of drug-likeness (QED) is 0.372. The van der Waals surface area contributed by atoms with Crippen LogP contribution in [0.15, 0.2) is 24.3 Å². The van der Waals surface area contributed by atoms with Gasteiger partial charge in [0.05, 0.1) is 6.67 Å². The molecule has 0 amide bonds. The molecule has 3 rings (SSSR count). The van der Waals surface area contributed by atoms with E-state index in [1.165, 1.54) is 37.8 Å². The van der Waals surface area contributed by atoms with Gasteiger partial charge in [0.2, 0.25) is 0 Å². The molecule has 1 aromatic rings. The predicted molar refractivity (Wildman–Crippen MR) is 106 cm³/mol. The van der Waals surface area contributed by atoms with E-state index in [4.69, 9.17) is 5.26 Å². The summed E-state index contributed by atoms with van der Waals surface area (Å²) in [5, 5.41) is 8.82. The van der Waals surface area contributed by atoms with E-state index in [2.05, 4.69) is 12.2 Å². The molecule has 0 aromatic heterocycles. The summed E-state index contributed by atoms with van der Waals surface area (Å²) < 4.78 is 40.0. The summed E-state index contributed by atoms with van der Waals surface area (Å²) in [6, 6.07) is 4.30. The molecular formula is C24H30F3N. The van der Waals surface area contributed by atoms with Gasteiger partial charge in [0.25, 0.3) is 0 Å². The second-order valence-electron chi connectivity index (χ2n) is 8.52. The fraction of sp³-hybridized carbons (Fsp3) is 0.625. The number of alkyl halides is 1. The first-order valence-electron chi connectivity index (χ1n) is 10.7. The van der Waals surface area contributed by atoms with Crippen molar-refractivity contribution in [2.75, 3.05) is 6.67 Å². The number of nitrogens with zero attached hydrogens (tertiary/aromatic N) is 1. The van der Waals surface area contributed by atoms with Gasteiger partial charge in [-0.15, -0.1) is 0 Å². The Bertz CT molecular complexity index is 682. The van der Waals surface area contributed by atoms with Crippen LogP contribution in [-0.2, 0) is 0 Å². The summed E-state index contributed by atoms with van der Waals surface area (Å²) in [7, 11) is 0. The third-order valence-electron chi connectivity index (χ3n) is 6.82. The zero-order valence-electron chi connectivity index (χ0n) is 16.5. The van der Waals surface area contributed by atoms with Gasteiger partial charge in [0.15, 0.2) is 0 Å². The molecule has 0 N–H and O–H groups in total. The van der Waals surface area contributed by atoms with Gasteiger partial charge in [0, 0.05) is 0 Å². The second kappa shape index (κ2) is 10.1. The van der Waals surface area contributed by atoms with Crippen LogP contribution in [0.3, 0.4) is 0 Å². The number of hydrogen-bond donors (Lipinski definition) is 0. The number of nitriles is 1. The van der Waals surface area contributed by atoms with Gasteiger partial charge in [-0.2, -0.15) is 5.26 Å². The smallest absolute Gasteiger partial charge is 0.144 e. The summed E-state index contributed by atoms with van der Waals surface area (Å²) >= 11 is 0. The average molecular weight is 390 g/mol. The predicted octanol–water partition coefficient (Wildman–Crippen LogP) is 7.22. The zero-order valence-corrected chi connectivity index (χ0v) is 16.5. The van der Waals surface area contributed by atoms with E-state index in [0.29, 0.717) is 17.9 Å². The molecule has 0 saturated heterocycles. The Morgan fingerprint density at radius 2 is 1.50 bits per heavy atom. The molecule has 1 nitrogen and oxygen atoms in total. The molecule has 0 atom stereocenters. The zero-order chi connectivity index (χ0) is 19.9. The van der Waals surface area contributed by atoms with E-state index < -0.39 is 17.2 Å². The summed E-state index contributed by atoms with van der Waals surface area (Å²) in [5.74, 6) is 0.862. The van der Waals surface area contributed by atoms with Crippen LogP contribution in [0.4, 0.5) is 13.2 Å². The third kappa shape index (κ3) is 5.19. The SMILES string of the molecule is N#Cc1c(F)cc(C2CCC(C3CCC(C=CCCCF)CC3)CC2)cc1F. The Morgan fingerprint density at radius 1 is 0.929 bits per heavy atom. The maximum Gasteiger partial charge on any atom is 0.144 e. The van der Waals surface area contributed by atoms with Crippen LogP contribution in [0.5, 0.6) is 0 Å². The Balaban J connectivity index is 1.47. The largest absolute Gasteiger partial charge is 0.251 e. The van der Waals surface area contributed by atoms with E-state index in [0.717, 1.165) is 43.9 Å². The minimum atomic E-state index is -0.738. The number of hydrogen-bond acceptors (Lipinski definition) is 1. The lowest BCUT2D eigenvalue weighted by molar-refractivity contribution is 0.171. The van der Waals surface area contributed by atoms with Gasteiger partial charge >= 0.3 is 0 Å². The van der Waals surface area contributed by atoms with Gasteiger partial charge in [-0.05, 0) is 106 Å². The van der Waals surface area contributed by atoms with E-state index >= 15 is 0 Å². The maximum atomic E-state index is 13.9. The molecule has 0 radical (unpaired) electrons. The van der Waals surface area contributed by atoms with Crippen LogP contribution in [0, 0.1) is 40.7 Å². The number of benzene rings is 1. The first kappa shape index (κ1) is 21.0. The van der Waals surface area contributed by atoms with Crippen molar-refractivity contribution in [3.8, 4) is 6.07 Å². The Morgan fingerprint density at radius 3 is 2.04 bits per heavy atom. The van der Waals surface area contributed by atoms with Crippen LogP contribution >= 0.6 is 0 Å². The minimum absolute atomic E-state index is 0.197. The van der Waals surface area contributed by atoms with Gasteiger partial charge < -0.3 is 0 Å². The number of halogens is 3. The van der Waals surface area contributed by atoms with Crippen LogP contribution in [0.2, 0.25) is 0 Å². The van der Waals surface area contributed by atoms with E-state index in [1.807, 2.05) is 0 Å². The number of allylic oxidation sites excluding steroid dienone is 2. The molecule has 1 aromatic carbocycles. The number of rotatable bonds is 6. The van der Waals surface area contributed by atoms with Crippen LogP contribution < -0.4 is 0 Å². The Kier molecular flexibility index (Phi) is 7.59. The first-order chi connectivity index (χ1) is 13.6. The third-order valence-corrected chi connectivity index (χ3v) is 6.82. The monoisotopic (exact) mass is 389 g/mol. The molecule has 2 saturated carbocycles. The first-order valence-corrected chi connectivity index (χ1v) is 10.7. The fourth-order valence-electron chi connectivity index (χ4n) is 5.15. The summed E-state index contributed by atoms with van der Waals surface area (Å²) in [4.78, 5) is 0. The molecule has 0 bridgehead atoms. The molecule has 152 valence electrons. The van der Waals surface area contributed by atoms with E-state index in [1.54, 1.807) is 6.07 Å². The summed E-state index contributed by atoms with van der Waals surface area (Å²) in [6.45, 7) is -0.235. The highest BCUT2D eigenvalue weighted by atomic mass is 19.1. The van der Waals surface area contributed by atoms with E-state index in [9.17, 15) is 13.2 Å². The molecule has 0 heterocycles. The highest BCUT2D eigenvalue weighted by Crippen LogP contribution is 2.44. The van der Waals surface area contributed by atoms with Crippen molar-refractivity contribution in [2.24, 2.45) is 17.8 Å².